The molecule has 2 unspecified atom stereocenters. The third kappa shape index (κ3) is 3.50. The molecule has 0 amide bonds. The maximum atomic E-state index is 15.8. The van der Waals surface area contributed by atoms with E-state index in [2.05, 4.69) is 42.5 Å². The fourth-order valence-corrected chi connectivity index (χ4v) is 7.99. The molecule has 0 radical (unpaired) electrons. The zero-order valence-corrected chi connectivity index (χ0v) is 22.2. The van der Waals surface area contributed by atoms with Gasteiger partial charge in [-0.05, 0) is 60.3 Å². The number of ether oxygens (including phenoxy) is 2. The molecule has 2 aromatic rings. The molecule has 5 aliphatic rings. The first-order valence-corrected chi connectivity index (χ1v) is 14.1. The van der Waals surface area contributed by atoms with Crippen molar-refractivity contribution in [2.75, 3.05) is 44.2 Å². The number of piperazine rings is 1. The molecule has 4 atom stereocenters. The van der Waals surface area contributed by atoms with Crippen molar-refractivity contribution in [1.82, 2.24) is 19.8 Å². The van der Waals surface area contributed by atoms with Gasteiger partial charge in [-0.15, -0.1) is 0 Å². The lowest BCUT2D eigenvalue weighted by atomic mass is 9.95. The molecule has 0 saturated carbocycles. The largest absolute Gasteiger partial charge is 0.461 e. The number of likely N-dealkylation sites (tertiary alicyclic amines) is 1. The van der Waals surface area contributed by atoms with Gasteiger partial charge in [-0.25, -0.2) is 8.78 Å². The lowest BCUT2D eigenvalue weighted by molar-refractivity contribution is 0.107. The average molecular weight is 564 g/mol. The Morgan fingerprint density at radius 3 is 2.69 bits per heavy atom. The van der Waals surface area contributed by atoms with E-state index in [1.54, 1.807) is 0 Å². The van der Waals surface area contributed by atoms with Gasteiger partial charge in [-0.2, -0.15) is 9.97 Å². The Kier molecular flexibility index (Phi) is 5.69. The number of hydrogen-bond acceptors (Lipinski definition) is 7. The van der Waals surface area contributed by atoms with Crippen LogP contribution >= 0.6 is 15.9 Å². The van der Waals surface area contributed by atoms with Gasteiger partial charge in [-0.3, -0.25) is 9.80 Å². The van der Waals surface area contributed by atoms with Crippen LogP contribution in [0.4, 0.5) is 14.6 Å². The summed E-state index contributed by atoms with van der Waals surface area (Å²) in [6, 6.07) is 0.832. The van der Waals surface area contributed by atoms with Crippen LogP contribution in [0.25, 0.3) is 10.9 Å². The lowest BCUT2D eigenvalue weighted by Crippen LogP contribution is -2.54. The number of halogens is 3. The second-order valence-electron chi connectivity index (χ2n) is 11.1. The summed E-state index contributed by atoms with van der Waals surface area (Å²) in [7, 11) is 0. The van der Waals surface area contributed by atoms with Crippen LogP contribution in [0.15, 0.2) is 4.47 Å². The van der Waals surface area contributed by atoms with Gasteiger partial charge in [0, 0.05) is 43.7 Å². The van der Waals surface area contributed by atoms with Gasteiger partial charge >= 0.3 is 6.01 Å². The van der Waals surface area contributed by atoms with Crippen LogP contribution in [0, 0.1) is 5.82 Å². The maximum absolute atomic E-state index is 15.8. The summed E-state index contributed by atoms with van der Waals surface area (Å²) in [6.45, 7) is 7.66. The quantitative estimate of drug-likeness (QED) is 0.540. The molecule has 0 aliphatic carbocycles. The number of fused-ring (bicyclic) bond motifs is 6. The number of aromatic nitrogens is 2. The van der Waals surface area contributed by atoms with Crippen molar-refractivity contribution < 1.29 is 18.3 Å². The van der Waals surface area contributed by atoms with Gasteiger partial charge in [0.1, 0.15) is 24.1 Å². The molecule has 2 bridgehead atoms. The van der Waals surface area contributed by atoms with E-state index < -0.39 is 12.0 Å². The Hall–Kier alpha value is -1.62. The summed E-state index contributed by atoms with van der Waals surface area (Å²) in [5.41, 5.74) is 1.78. The molecular formula is C26H32BrF2N5O2. The molecule has 194 valence electrons. The SMILES string of the molecule is CCN1CC2CCC(C1)N2c1nc(OC[C@@]23CCCN2C[C@H](F)C3)nc2c(F)c(Br)c3c(c12)COC3. The number of anilines is 1. The second kappa shape index (κ2) is 8.71. The second-order valence-corrected chi connectivity index (χ2v) is 11.9. The predicted octanol–water partition coefficient (Wildman–Crippen LogP) is 4.19. The van der Waals surface area contributed by atoms with Crippen LogP contribution < -0.4 is 9.64 Å². The molecule has 4 saturated heterocycles. The first kappa shape index (κ1) is 23.5. The highest BCUT2D eigenvalue weighted by atomic mass is 79.9. The van der Waals surface area contributed by atoms with Crippen LogP contribution in [0.1, 0.15) is 50.2 Å². The van der Waals surface area contributed by atoms with Gasteiger partial charge < -0.3 is 14.4 Å². The smallest absolute Gasteiger partial charge is 0.319 e. The molecule has 0 N–H and O–H groups in total. The van der Waals surface area contributed by atoms with Crippen molar-refractivity contribution in [3.8, 4) is 6.01 Å². The van der Waals surface area contributed by atoms with E-state index in [0.29, 0.717) is 49.3 Å². The van der Waals surface area contributed by atoms with E-state index in [0.717, 1.165) is 74.2 Å². The van der Waals surface area contributed by atoms with Crippen molar-refractivity contribution in [1.29, 1.82) is 0 Å². The number of alkyl halides is 1. The van der Waals surface area contributed by atoms with Crippen molar-refractivity contribution in [2.24, 2.45) is 0 Å². The molecular weight excluding hydrogens is 532 g/mol. The van der Waals surface area contributed by atoms with Crippen LogP contribution in [0.5, 0.6) is 6.01 Å². The number of hydrogen-bond donors (Lipinski definition) is 0. The van der Waals surface area contributed by atoms with Crippen molar-refractivity contribution >= 4 is 32.7 Å². The standard InChI is InChI=1S/C26H32BrF2N5O2/c1-2-32-10-16-4-5-17(11-32)34(16)24-20-18-12-35-13-19(18)21(27)22(29)23(20)30-25(31-24)36-14-26-6-3-7-33(26)9-15(28)8-26/h15-17H,2-14H2,1H3/t15-,16?,17?,26+/m1/s1. The van der Waals surface area contributed by atoms with Gasteiger partial charge in [0.15, 0.2) is 5.82 Å². The number of rotatable bonds is 5. The summed E-state index contributed by atoms with van der Waals surface area (Å²) < 4.78 is 42.5. The third-order valence-electron chi connectivity index (χ3n) is 9.17. The minimum Gasteiger partial charge on any atom is -0.461 e. The monoisotopic (exact) mass is 563 g/mol. The molecule has 36 heavy (non-hydrogen) atoms. The summed E-state index contributed by atoms with van der Waals surface area (Å²) in [5.74, 6) is 0.370. The molecule has 1 aromatic carbocycles. The molecule has 6 heterocycles. The average Bonchev–Trinajstić information content (AvgIpc) is 3.62. The Balaban J connectivity index is 1.33. The molecule has 7 rings (SSSR count). The highest BCUT2D eigenvalue weighted by Crippen LogP contribution is 2.45. The fraction of sp³-hybridized carbons (Fsp3) is 0.692. The maximum Gasteiger partial charge on any atom is 0.319 e. The van der Waals surface area contributed by atoms with Crippen molar-refractivity contribution in [3.63, 3.8) is 0 Å². The van der Waals surface area contributed by atoms with E-state index >= 15 is 4.39 Å². The Bertz CT molecular complexity index is 1200. The Morgan fingerprint density at radius 1 is 1.14 bits per heavy atom. The molecule has 4 fully saturated rings. The van der Waals surface area contributed by atoms with Gasteiger partial charge in [0.05, 0.1) is 28.6 Å². The fourth-order valence-electron chi connectivity index (χ4n) is 7.44. The predicted molar refractivity (Wildman–Crippen MR) is 136 cm³/mol. The highest BCUT2D eigenvalue weighted by molar-refractivity contribution is 9.10. The first-order chi connectivity index (χ1) is 17.5. The van der Waals surface area contributed by atoms with E-state index in [-0.39, 0.29) is 17.1 Å². The van der Waals surface area contributed by atoms with E-state index in [1.807, 2.05) is 0 Å². The normalized spacial score (nSPS) is 32.0. The molecule has 1 aromatic heterocycles. The topological polar surface area (TPSA) is 54.0 Å². The molecule has 10 heteroatoms. The van der Waals surface area contributed by atoms with Crippen LogP contribution in [-0.2, 0) is 18.0 Å². The van der Waals surface area contributed by atoms with E-state index in [9.17, 15) is 4.39 Å². The van der Waals surface area contributed by atoms with E-state index in [1.165, 1.54) is 0 Å². The number of likely N-dealkylation sites (N-methyl/N-ethyl adjacent to an activating group) is 1. The summed E-state index contributed by atoms with van der Waals surface area (Å²) in [6.07, 6.45) is 3.78. The zero-order chi connectivity index (χ0) is 24.6. The van der Waals surface area contributed by atoms with Gasteiger partial charge in [-0.1, -0.05) is 6.92 Å². The van der Waals surface area contributed by atoms with Crippen molar-refractivity contribution in [2.45, 2.75) is 76.0 Å². The number of nitrogens with zero attached hydrogens (tertiary/aromatic N) is 5. The molecule has 0 spiro atoms. The van der Waals surface area contributed by atoms with E-state index in [4.69, 9.17) is 14.5 Å². The summed E-state index contributed by atoms with van der Waals surface area (Å²) >= 11 is 3.46. The first-order valence-electron chi connectivity index (χ1n) is 13.3. The molecule has 5 aliphatic heterocycles. The summed E-state index contributed by atoms with van der Waals surface area (Å²) in [4.78, 5) is 16.7. The third-order valence-corrected chi connectivity index (χ3v) is 10.0. The van der Waals surface area contributed by atoms with Crippen LogP contribution in [-0.4, -0.2) is 82.9 Å². The minimum absolute atomic E-state index is 0.183. The van der Waals surface area contributed by atoms with Crippen molar-refractivity contribution in [3.05, 3.63) is 21.4 Å². The lowest BCUT2D eigenvalue weighted by Gasteiger charge is -2.42. The van der Waals surface area contributed by atoms with Crippen LogP contribution in [0.2, 0.25) is 0 Å². The summed E-state index contributed by atoms with van der Waals surface area (Å²) in [5, 5.41) is 0.753. The highest BCUT2D eigenvalue weighted by Gasteiger charge is 2.49. The minimum atomic E-state index is -0.830. The zero-order valence-electron chi connectivity index (χ0n) is 20.6. The van der Waals surface area contributed by atoms with Gasteiger partial charge in [0.25, 0.3) is 0 Å². The number of benzene rings is 1. The van der Waals surface area contributed by atoms with Gasteiger partial charge in [0.2, 0.25) is 0 Å². The molecule has 7 nitrogen and oxygen atoms in total. The Labute approximate surface area is 218 Å². The Morgan fingerprint density at radius 2 is 1.92 bits per heavy atom. The van der Waals surface area contributed by atoms with Crippen LogP contribution in [0.3, 0.4) is 0 Å².